The van der Waals surface area contributed by atoms with Crippen molar-refractivity contribution in [2.45, 2.75) is 26.3 Å². The summed E-state index contributed by atoms with van der Waals surface area (Å²) in [6.07, 6.45) is 0.448. The molecule has 0 bridgehead atoms. The lowest BCUT2D eigenvalue weighted by molar-refractivity contribution is -0.147. The lowest BCUT2D eigenvalue weighted by Gasteiger charge is -2.16. The Bertz CT molecular complexity index is 665. The zero-order chi connectivity index (χ0) is 15.2. The van der Waals surface area contributed by atoms with E-state index in [2.05, 4.69) is 5.10 Å². The molecule has 0 fully saturated rings. The van der Waals surface area contributed by atoms with E-state index < -0.39 is 12.0 Å². The average molecular weight is 286 g/mol. The molecular weight excluding hydrogens is 268 g/mol. The molecule has 21 heavy (non-hydrogen) atoms. The van der Waals surface area contributed by atoms with E-state index in [-0.39, 0.29) is 12.2 Å². The van der Waals surface area contributed by atoms with Crippen LogP contribution in [-0.4, -0.2) is 22.4 Å². The highest BCUT2D eigenvalue weighted by atomic mass is 16.5. The van der Waals surface area contributed by atoms with Gasteiger partial charge in [0.05, 0.1) is 12.3 Å². The minimum Gasteiger partial charge on any atom is -0.464 e. The Morgan fingerprint density at radius 1 is 1.19 bits per heavy atom. The molecule has 0 unspecified atom stereocenters. The minimum absolute atomic E-state index is 0.280. The van der Waals surface area contributed by atoms with Crippen molar-refractivity contribution in [3.8, 4) is 11.3 Å². The maximum Gasteiger partial charge on any atom is 0.331 e. The van der Waals surface area contributed by atoms with E-state index in [1.807, 2.05) is 37.3 Å². The summed E-state index contributed by atoms with van der Waals surface area (Å²) in [7, 11) is 0. The smallest absolute Gasteiger partial charge is 0.331 e. The fraction of sp³-hybridized carbons (Fsp3) is 0.312. The van der Waals surface area contributed by atoms with Crippen molar-refractivity contribution in [3.63, 3.8) is 0 Å². The molecule has 0 N–H and O–H groups in total. The molecule has 0 saturated carbocycles. The number of esters is 1. The number of nitrogens with zero attached hydrogens (tertiary/aromatic N) is 2. The standard InChI is InChI=1S/C16H18N2O3/c1-3-14(16(20)21-4-2)18-15(19)11-10-13(17-18)12-8-6-5-7-9-12/h5-11,14H,3-4H2,1-2H3/t14-/m1/s1. The van der Waals surface area contributed by atoms with Crippen molar-refractivity contribution in [2.75, 3.05) is 6.61 Å². The van der Waals surface area contributed by atoms with Crippen LogP contribution in [0.3, 0.4) is 0 Å². The third kappa shape index (κ3) is 3.37. The monoisotopic (exact) mass is 286 g/mol. The maximum atomic E-state index is 12.0. The number of ether oxygens (including phenoxy) is 1. The van der Waals surface area contributed by atoms with Crippen LogP contribution in [0.1, 0.15) is 26.3 Å². The molecular formula is C16H18N2O3. The van der Waals surface area contributed by atoms with Crippen LogP contribution in [0, 0.1) is 0 Å². The van der Waals surface area contributed by atoms with Gasteiger partial charge in [0.1, 0.15) is 0 Å². The number of benzene rings is 1. The maximum absolute atomic E-state index is 12.0. The molecule has 2 rings (SSSR count). The van der Waals surface area contributed by atoms with Crippen LogP contribution in [0.25, 0.3) is 11.3 Å². The largest absolute Gasteiger partial charge is 0.464 e. The van der Waals surface area contributed by atoms with Crippen molar-refractivity contribution in [3.05, 3.63) is 52.8 Å². The molecule has 1 aromatic heterocycles. The fourth-order valence-electron chi connectivity index (χ4n) is 2.09. The van der Waals surface area contributed by atoms with E-state index in [1.165, 1.54) is 10.7 Å². The molecule has 0 radical (unpaired) electrons. The SMILES string of the molecule is CCOC(=O)[C@@H](CC)n1nc(-c2ccccc2)ccc1=O. The summed E-state index contributed by atoms with van der Waals surface area (Å²) >= 11 is 0. The first-order valence-corrected chi connectivity index (χ1v) is 6.99. The summed E-state index contributed by atoms with van der Waals surface area (Å²) in [6, 6.07) is 11.9. The van der Waals surface area contributed by atoms with Gasteiger partial charge >= 0.3 is 5.97 Å². The van der Waals surface area contributed by atoms with Crippen molar-refractivity contribution >= 4 is 5.97 Å². The molecule has 1 aromatic carbocycles. The first-order valence-electron chi connectivity index (χ1n) is 6.99. The van der Waals surface area contributed by atoms with E-state index in [1.54, 1.807) is 13.0 Å². The van der Waals surface area contributed by atoms with Gasteiger partial charge in [0.2, 0.25) is 0 Å². The molecule has 0 aliphatic carbocycles. The highest BCUT2D eigenvalue weighted by molar-refractivity contribution is 5.74. The molecule has 5 nitrogen and oxygen atoms in total. The lowest BCUT2D eigenvalue weighted by atomic mass is 10.1. The van der Waals surface area contributed by atoms with Gasteiger partial charge in [0, 0.05) is 11.6 Å². The molecule has 0 aliphatic rings. The van der Waals surface area contributed by atoms with Gasteiger partial charge in [0.25, 0.3) is 5.56 Å². The zero-order valence-corrected chi connectivity index (χ0v) is 12.2. The predicted octanol–water partition coefficient (Wildman–Crippen LogP) is 2.42. The molecule has 0 aliphatic heterocycles. The summed E-state index contributed by atoms with van der Waals surface area (Å²) in [6.45, 7) is 3.84. The Hall–Kier alpha value is -2.43. The molecule has 5 heteroatoms. The quantitative estimate of drug-likeness (QED) is 0.792. The number of aromatic nitrogens is 2. The topological polar surface area (TPSA) is 61.2 Å². The van der Waals surface area contributed by atoms with Gasteiger partial charge in [0.15, 0.2) is 6.04 Å². The lowest BCUT2D eigenvalue weighted by Crippen LogP contribution is -2.32. The van der Waals surface area contributed by atoms with Gasteiger partial charge < -0.3 is 4.74 Å². The number of carbonyl (C=O) groups excluding carboxylic acids is 1. The van der Waals surface area contributed by atoms with Gasteiger partial charge in [-0.1, -0.05) is 37.3 Å². The zero-order valence-electron chi connectivity index (χ0n) is 12.2. The Balaban J connectivity index is 2.44. The molecule has 1 heterocycles. The highest BCUT2D eigenvalue weighted by Gasteiger charge is 2.22. The third-order valence-electron chi connectivity index (χ3n) is 3.14. The molecule has 1 atom stereocenters. The van der Waals surface area contributed by atoms with Crippen molar-refractivity contribution < 1.29 is 9.53 Å². The number of rotatable bonds is 5. The van der Waals surface area contributed by atoms with Crippen LogP contribution in [0.4, 0.5) is 0 Å². The molecule has 2 aromatic rings. The van der Waals surface area contributed by atoms with Gasteiger partial charge in [-0.05, 0) is 19.4 Å². The summed E-state index contributed by atoms with van der Waals surface area (Å²) < 4.78 is 6.22. The Labute approximate surface area is 123 Å². The van der Waals surface area contributed by atoms with Crippen LogP contribution in [0.5, 0.6) is 0 Å². The van der Waals surface area contributed by atoms with Gasteiger partial charge in [-0.3, -0.25) is 4.79 Å². The molecule has 0 amide bonds. The number of hydrogen-bond acceptors (Lipinski definition) is 4. The van der Waals surface area contributed by atoms with Gasteiger partial charge in [-0.2, -0.15) is 5.10 Å². The van der Waals surface area contributed by atoms with Crippen LogP contribution in [-0.2, 0) is 9.53 Å². The average Bonchev–Trinajstić information content (AvgIpc) is 2.51. The summed E-state index contributed by atoms with van der Waals surface area (Å²) in [5.74, 6) is -0.431. The predicted molar refractivity (Wildman–Crippen MR) is 79.9 cm³/mol. The van der Waals surface area contributed by atoms with E-state index in [9.17, 15) is 9.59 Å². The molecule has 0 spiro atoms. The second kappa shape index (κ2) is 6.83. The van der Waals surface area contributed by atoms with Crippen LogP contribution >= 0.6 is 0 Å². The van der Waals surface area contributed by atoms with E-state index in [0.717, 1.165) is 5.56 Å². The fourth-order valence-corrected chi connectivity index (χ4v) is 2.09. The first-order chi connectivity index (χ1) is 10.2. The number of carbonyl (C=O) groups is 1. The second-order valence-electron chi connectivity index (χ2n) is 4.54. The van der Waals surface area contributed by atoms with Crippen LogP contribution in [0.15, 0.2) is 47.3 Å². The normalized spacial score (nSPS) is 11.9. The third-order valence-corrected chi connectivity index (χ3v) is 3.14. The van der Waals surface area contributed by atoms with Gasteiger partial charge in [-0.25, -0.2) is 9.48 Å². The summed E-state index contributed by atoms with van der Waals surface area (Å²) in [4.78, 5) is 24.0. The van der Waals surface area contributed by atoms with Crippen molar-refractivity contribution in [2.24, 2.45) is 0 Å². The second-order valence-corrected chi connectivity index (χ2v) is 4.54. The Morgan fingerprint density at radius 3 is 2.52 bits per heavy atom. The molecule has 110 valence electrons. The molecule has 0 saturated heterocycles. The highest BCUT2D eigenvalue weighted by Crippen LogP contribution is 2.16. The van der Waals surface area contributed by atoms with Crippen molar-refractivity contribution in [1.29, 1.82) is 0 Å². The minimum atomic E-state index is -0.693. The summed E-state index contributed by atoms with van der Waals surface area (Å²) in [5, 5.41) is 4.32. The van der Waals surface area contributed by atoms with E-state index in [0.29, 0.717) is 12.1 Å². The number of hydrogen-bond donors (Lipinski definition) is 0. The van der Waals surface area contributed by atoms with Crippen LogP contribution in [0.2, 0.25) is 0 Å². The first kappa shape index (κ1) is 15.0. The van der Waals surface area contributed by atoms with Crippen molar-refractivity contribution in [1.82, 2.24) is 9.78 Å². The van der Waals surface area contributed by atoms with Crippen LogP contribution < -0.4 is 5.56 Å². The Morgan fingerprint density at radius 2 is 1.90 bits per heavy atom. The van der Waals surface area contributed by atoms with Gasteiger partial charge in [-0.15, -0.1) is 0 Å². The summed E-state index contributed by atoms with van der Waals surface area (Å²) in [5.41, 5.74) is 1.23. The Kier molecular flexibility index (Phi) is 4.87. The van der Waals surface area contributed by atoms with E-state index in [4.69, 9.17) is 4.74 Å². The van der Waals surface area contributed by atoms with E-state index >= 15 is 0 Å².